The van der Waals surface area contributed by atoms with Crippen molar-refractivity contribution in [1.29, 1.82) is 0 Å². The number of aliphatic hydroxyl groups excluding tert-OH is 2. The van der Waals surface area contributed by atoms with Gasteiger partial charge in [0.15, 0.2) is 6.10 Å². The van der Waals surface area contributed by atoms with Crippen LogP contribution in [0.1, 0.15) is 69.2 Å². The third kappa shape index (κ3) is 28.4. The van der Waals surface area contributed by atoms with Gasteiger partial charge in [0, 0.05) is 101 Å². The Morgan fingerprint density at radius 2 is 0.894 bits per heavy atom. The van der Waals surface area contributed by atoms with Crippen LogP contribution in [0.4, 0.5) is 0 Å². The number of amides is 2. The lowest BCUT2D eigenvalue weighted by molar-refractivity contribution is -0.136. The van der Waals surface area contributed by atoms with E-state index in [9.17, 15) is 19.8 Å². The molecule has 2 heterocycles. The summed E-state index contributed by atoms with van der Waals surface area (Å²) in [6.45, 7) is 11.7. The Balaban J connectivity index is 0.640. The average Bonchev–Trinajstić information content (AvgIpc) is 0.787. The van der Waals surface area contributed by atoms with Crippen LogP contribution in [0, 0.1) is 0 Å². The van der Waals surface area contributed by atoms with Gasteiger partial charge in [-0.2, -0.15) is 10.2 Å². The third-order valence-corrected chi connectivity index (χ3v) is 16.1. The molecule has 0 saturated carbocycles. The van der Waals surface area contributed by atoms with Crippen LogP contribution in [-0.4, -0.2) is 253 Å². The number of carbonyl (C=O) groups is 2. The second kappa shape index (κ2) is 45.3. The minimum absolute atomic E-state index is 0.0851. The van der Waals surface area contributed by atoms with Gasteiger partial charge in [-0.15, -0.1) is 0 Å². The Bertz CT molecular complexity index is 3030. The maximum absolute atomic E-state index is 12.3. The predicted octanol–water partition coefficient (Wildman–Crippen LogP) is 5.52. The number of hydrogen-bond acceptors (Lipinski definition) is 22. The SMILES string of the molecule is CN1Cc2c(Cl)cc(Cl)cc2C(c2cccc(C(C=NCCOCCOCCOCCOCCOCCNC(=O)CC[C@H](O)[C@@H](O)C(=O)NCCOCCOCCOCCOCCOCCN=CC(=NN)c3cccc(C4CN(C)Cc5c(Cl)cc(Cl)cc54)c3)=NN)c2)C1. The van der Waals surface area contributed by atoms with E-state index in [2.05, 4.69) is 79.0 Å². The van der Waals surface area contributed by atoms with Crippen LogP contribution in [-0.2, 0) is 70.0 Å². The summed E-state index contributed by atoms with van der Waals surface area (Å²) in [5.41, 5.74) is 9.48. The lowest BCUT2D eigenvalue weighted by atomic mass is 9.84. The number of fused-ring (bicyclic) bond motifs is 2. The molecule has 0 radical (unpaired) electrons. The van der Waals surface area contributed by atoms with E-state index in [-0.39, 0.29) is 63.5 Å². The van der Waals surface area contributed by atoms with Crippen molar-refractivity contribution in [2.75, 3.05) is 186 Å². The zero-order valence-corrected chi connectivity index (χ0v) is 56.8. The number of benzene rings is 4. The topological polar surface area (TPSA) is 299 Å². The monoisotopic (exact) mass is 1390 g/mol. The maximum Gasteiger partial charge on any atom is 0.251 e. The van der Waals surface area contributed by atoms with Gasteiger partial charge in [-0.1, -0.05) is 82.8 Å². The van der Waals surface area contributed by atoms with Crippen molar-refractivity contribution in [3.05, 3.63) is 137 Å². The molecule has 0 aliphatic carbocycles. The Labute approximate surface area is 571 Å². The smallest absolute Gasteiger partial charge is 0.251 e. The first-order valence-corrected chi connectivity index (χ1v) is 33.0. The Kier molecular flexibility index (Phi) is 37.4. The van der Waals surface area contributed by atoms with E-state index in [4.69, 9.17) is 105 Å². The lowest BCUT2D eigenvalue weighted by Gasteiger charge is -2.33. The number of carbonyl (C=O) groups excluding carboxylic acids is 2. The molecule has 94 heavy (non-hydrogen) atoms. The predicted molar refractivity (Wildman–Crippen MR) is 366 cm³/mol. The van der Waals surface area contributed by atoms with Crippen molar-refractivity contribution < 1.29 is 67.2 Å². The number of hydrogen-bond donors (Lipinski definition) is 6. The summed E-state index contributed by atoms with van der Waals surface area (Å²) >= 11 is 26.0. The highest BCUT2D eigenvalue weighted by Gasteiger charge is 2.30. The second-order valence-electron chi connectivity index (χ2n) is 22.1. The molecule has 4 atom stereocenters. The van der Waals surface area contributed by atoms with Gasteiger partial charge in [0.05, 0.1) is 151 Å². The number of aliphatic hydroxyl groups is 2. The number of halogens is 4. The van der Waals surface area contributed by atoms with Crippen molar-refractivity contribution in [2.45, 2.75) is 50.0 Å². The van der Waals surface area contributed by atoms with Crippen molar-refractivity contribution in [1.82, 2.24) is 20.4 Å². The number of rotatable bonds is 47. The first kappa shape index (κ1) is 77.7. The zero-order valence-electron chi connectivity index (χ0n) is 53.7. The normalized spacial score (nSPS) is 16.2. The summed E-state index contributed by atoms with van der Waals surface area (Å²) in [6, 6.07) is 23.8. The van der Waals surface area contributed by atoms with Crippen molar-refractivity contribution in [3.63, 3.8) is 0 Å². The van der Waals surface area contributed by atoms with Gasteiger partial charge in [-0.05, 0) is 90.3 Å². The molecule has 2 amide bonds. The van der Waals surface area contributed by atoms with Crippen LogP contribution in [0.15, 0.2) is 93.0 Å². The molecule has 8 N–H and O–H groups in total. The Morgan fingerprint density at radius 1 is 0.532 bits per heavy atom. The van der Waals surface area contributed by atoms with Crippen LogP contribution < -0.4 is 22.3 Å². The number of hydrazone groups is 2. The van der Waals surface area contributed by atoms with E-state index in [1.165, 1.54) is 0 Å². The van der Waals surface area contributed by atoms with E-state index < -0.39 is 18.1 Å². The molecule has 0 saturated heterocycles. The van der Waals surface area contributed by atoms with E-state index >= 15 is 0 Å². The number of nitrogens with two attached hydrogens (primary N) is 2. The molecular weight excluding hydrogens is 1300 g/mol. The molecule has 0 spiro atoms. The van der Waals surface area contributed by atoms with Crippen LogP contribution in [0.2, 0.25) is 20.1 Å². The van der Waals surface area contributed by atoms with Gasteiger partial charge in [0.25, 0.3) is 5.91 Å². The van der Waals surface area contributed by atoms with Gasteiger partial charge in [0.2, 0.25) is 5.91 Å². The minimum Gasteiger partial charge on any atom is -0.390 e. The summed E-state index contributed by atoms with van der Waals surface area (Å²) in [6.07, 6.45) is -0.0241. The molecule has 0 aromatic heterocycles. The van der Waals surface area contributed by atoms with Crippen molar-refractivity contribution in [3.8, 4) is 0 Å². The Hall–Kier alpha value is -5.30. The molecule has 2 aliphatic heterocycles. The fraction of sp³-hybridized carbons (Fsp3) is 0.545. The average molecular weight is 1390 g/mol. The number of aliphatic imine (C=N–C) groups is 2. The molecule has 518 valence electrons. The summed E-state index contributed by atoms with van der Waals surface area (Å²) in [7, 11) is 4.16. The fourth-order valence-electron chi connectivity index (χ4n) is 10.3. The van der Waals surface area contributed by atoms with Gasteiger partial charge in [0.1, 0.15) is 11.4 Å². The summed E-state index contributed by atoms with van der Waals surface area (Å²) in [5, 5.41) is 36.3. The largest absolute Gasteiger partial charge is 0.390 e. The van der Waals surface area contributed by atoms with E-state index in [0.29, 0.717) is 157 Å². The van der Waals surface area contributed by atoms with Crippen molar-refractivity contribution >= 4 is 82.1 Å². The van der Waals surface area contributed by atoms with E-state index in [0.717, 1.165) is 70.7 Å². The molecule has 6 rings (SSSR count). The van der Waals surface area contributed by atoms with Crippen LogP contribution in [0.5, 0.6) is 0 Å². The van der Waals surface area contributed by atoms with Gasteiger partial charge in [-0.3, -0.25) is 19.6 Å². The van der Waals surface area contributed by atoms with Gasteiger partial charge >= 0.3 is 0 Å². The van der Waals surface area contributed by atoms with Crippen LogP contribution in [0.25, 0.3) is 0 Å². The fourth-order valence-corrected chi connectivity index (χ4v) is 11.4. The molecule has 0 bridgehead atoms. The molecule has 28 heteroatoms. The van der Waals surface area contributed by atoms with Gasteiger partial charge < -0.3 is 89.7 Å². The lowest BCUT2D eigenvalue weighted by Crippen LogP contribution is -2.43. The molecule has 4 aromatic carbocycles. The summed E-state index contributed by atoms with van der Waals surface area (Å²) < 4.78 is 55.5. The second-order valence-corrected chi connectivity index (χ2v) is 23.8. The number of ether oxygens (including phenoxy) is 10. The van der Waals surface area contributed by atoms with E-state index in [1.54, 1.807) is 24.6 Å². The molecule has 4 aromatic rings. The first-order chi connectivity index (χ1) is 45.8. The summed E-state index contributed by atoms with van der Waals surface area (Å²) in [5.74, 6) is 10.6. The molecule has 2 aliphatic rings. The number of nitrogens with zero attached hydrogens (tertiary/aromatic N) is 6. The minimum atomic E-state index is -1.70. The highest BCUT2D eigenvalue weighted by molar-refractivity contribution is 6.39. The quantitative estimate of drug-likeness (QED) is 0.0137. The molecular formula is C66H92Cl4N10O14. The van der Waals surface area contributed by atoms with Crippen LogP contribution >= 0.6 is 46.4 Å². The third-order valence-electron chi connectivity index (χ3n) is 15.0. The van der Waals surface area contributed by atoms with Gasteiger partial charge in [-0.25, -0.2) is 0 Å². The standard InChI is InChI=1S/C66H92Cl4N10O14/c1-79-43-55(53-37-51(67)39-59(69)57(53)45-79)47-5-3-7-49(35-47)61(77-71)41-73-11-15-85-19-23-89-27-31-93-33-29-91-25-21-87-17-13-75-64(82)10-9-63(81)65(83)66(84)76-14-18-88-22-26-92-30-34-94-32-28-90-24-20-86-16-12-74-42-62(78-72)50-8-4-6-48(36-50)56-44-80(2)46-58-54(56)38-52(68)40-60(58)70/h3-8,35-42,55-56,63,65,81,83H,9-34,43-46,71-72H2,1-2H3,(H,75,82)(H,76,84)/t55?,56?,63-,65+/m0/s1. The first-order valence-electron chi connectivity index (χ1n) is 31.5. The molecule has 0 fully saturated rings. The number of nitrogens with one attached hydrogen (secondary N) is 2. The Morgan fingerprint density at radius 3 is 1.28 bits per heavy atom. The molecule has 2 unspecified atom stereocenters. The summed E-state index contributed by atoms with van der Waals surface area (Å²) in [4.78, 5) is 38.0. The van der Waals surface area contributed by atoms with Crippen molar-refractivity contribution in [2.24, 2.45) is 31.9 Å². The van der Waals surface area contributed by atoms with E-state index in [1.807, 2.05) is 36.4 Å². The highest BCUT2D eigenvalue weighted by Crippen LogP contribution is 2.40. The number of likely N-dealkylation sites (N-methyl/N-ethyl adjacent to an activating group) is 2. The zero-order chi connectivity index (χ0) is 67.1. The molecule has 24 nitrogen and oxygen atoms in total. The van der Waals surface area contributed by atoms with Crippen LogP contribution in [0.3, 0.4) is 0 Å². The maximum atomic E-state index is 12.3. The highest BCUT2D eigenvalue weighted by atomic mass is 35.5.